The average molecular weight is 377 g/mol. The van der Waals surface area contributed by atoms with Crippen molar-refractivity contribution >= 4 is 27.3 Å². The molecule has 0 saturated carbocycles. The molecule has 0 saturated heterocycles. The number of carbonyl (C=O) groups is 1. The minimum absolute atomic E-state index is 0.0362. The van der Waals surface area contributed by atoms with E-state index in [9.17, 15) is 13.2 Å². The van der Waals surface area contributed by atoms with E-state index in [4.69, 9.17) is 5.26 Å². The molecule has 0 aliphatic rings. The molecule has 0 spiro atoms. The van der Waals surface area contributed by atoms with Crippen LogP contribution < -0.4 is 10.0 Å². The molecule has 0 unspecified atom stereocenters. The van der Waals surface area contributed by atoms with Crippen molar-refractivity contribution in [2.45, 2.75) is 24.8 Å². The van der Waals surface area contributed by atoms with Gasteiger partial charge in [0.2, 0.25) is 15.9 Å². The Morgan fingerprint density at radius 1 is 1.24 bits per heavy atom. The van der Waals surface area contributed by atoms with Crippen molar-refractivity contribution in [1.29, 1.82) is 5.26 Å². The lowest BCUT2D eigenvalue weighted by Crippen LogP contribution is -2.40. The zero-order valence-electron chi connectivity index (χ0n) is 13.9. The van der Waals surface area contributed by atoms with Gasteiger partial charge < -0.3 is 5.32 Å². The predicted molar refractivity (Wildman–Crippen MR) is 96.4 cm³/mol. The van der Waals surface area contributed by atoms with Crippen LogP contribution in [-0.4, -0.2) is 20.9 Å². The SMILES string of the molecule is CC(C)[C@@H](NC(=O)CNS(=O)(=O)c1ccccc1C#N)c1cccs1. The Kier molecular flexibility index (Phi) is 6.31. The molecule has 0 fully saturated rings. The van der Waals surface area contributed by atoms with Crippen molar-refractivity contribution in [3.8, 4) is 6.07 Å². The number of amides is 1. The van der Waals surface area contributed by atoms with Crippen LogP contribution in [0.25, 0.3) is 0 Å². The first-order valence-electron chi connectivity index (χ1n) is 7.66. The molecule has 1 aromatic carbocycles. The Morgan fingerprint density at radius 3 is 2.56 bits per heavy atom. The summed E-state index contributed by atoms with van der Waals surface area (Å²) in [5.41, 5.74) is 0.0362. The summed E-state index contributed by atoms with van der Waals surface area (Å²) >= 11 is 1.54. The molecule has 0 aliphatic carbocycles. The third-order valence-corrected chi connectivity index (χ3v) is 5.97. The van der Waals surface area contributed by atoms with Crippen molar-refractivity contribution in [3.63, 3.8) is 0 Å². The fraction of sp³-hybridized carbons (Fsp3) is 0.294. The van der Waals surface area contributed by atoms with Gasteiger partial charge in [0.05, 0.1) is 23.0 Å². The highest BCUT2D eigenvalue weighted by atomic mass is 32.2. The molecule has 0 aliphatic heterocycles. The van der Waals surface area contributed by atoms with E-state index in [1.54, 1.807) is 6.07 Å². The summed E-state index contributed by atoms with van der Waals surface area (Å²) in [5.74, 6) is -0.261. The molecule has 1 amide bonds. The van der Waals surface area contributed by atoms with Crippen molar-refractivity contribution in [2.75, 3.05) is 6.54 Å². The molecule has 6 nitrogen and oxygen atoms in total. The lowest BCUT2D eigenvalue weighted by Gasteiger charge is -2.21. The fourth-order valence-corrected chi connectivity index (χ4v) is 4.38. The van der Waals surface area contributed by atoms with Crippen molar-refractivity contribution in [1.82, 2.24) is 10.0 Å². The minimum Gasteiger partial charge on any atom is -0.347 e. The third-order valence-electron chi connectivity index (χ3n) is 3.55. The number of nitrogens with zero attached hydrogens (tertiary/aromatic N) is 1. The number of nitriles is 1. The maximum Gasteiger partial charge on any atom is 0.242 e. The van der Waals surface area contributed by atoms with Gasteiger partial charge in [0, 0.05) is 4.88 Å². The number of rotatable bonds is 7. The van der Waals surface area contributed by atoms with Gasteiger partial charge in [-0.2, -0.15) is 5.26 Å². The van der Waals surface area contributed by atoms with E-state index in [0.717, 1.165) is 4.88 Å². The normalized spacial score (nSPS) is 12.6. The number of sulfonamides is 1. The van der Waals surface area contributed by atoms with E-state index < -0.39 is 22.5 Å². The number of nitrogens with one attached hydrogen (secondary N) is 2. The van der Waals surface area contributed by atoms with Gasteiger partial charge in [0.1, 0.15) is 6.07 Å². The Labute approximate surface area is 151 Å². The fourth-order valence-electron chi connectivity index (χ4n) is 2.29. The maximum atomic E-state index is 12.3. The molecule has 8 heteroatoms. The van der Waals surface area contributed by atoms with Gasteiger partial charge in [-0.15, -0.1) is 11.3 Å². The van der Waals surface area contributed by atoms with Crippen molar-refractivity contribution < 1.29 is 13.2 Å². The minimum atomic E-state index is -3.94. The maximum absolute atomic E-state index is 12.3. The lowest BCUT2D eigenvalue weighted by molar-refractivity contribution is -0.121. The summed E-state index contributed by atoms with van der Waals surface area (Å²) in [6, 6.07) is 11.4. The highest BCUT2D eigenvalue weighted by Gasteiger charge is 2.22. The number of thiophene rings is 1. The van der Waals surface area contributed by atoms with Gasteiger partial charge in [0.25, 0.3) is 0 Å². The van der Waals surface area contributed by atoms with E-state index in [1.165, 1.54) is 29.5 Å². The van der Waals surface area contributed by atoms with Crippen LogP contribution in [0.2, 0.25) is 0 Å². The lowest BCUT2D eigenvalue weighted by atomic mass is 10.0. The molecular formula is C17H19N3O3S2. The van der Waals surface area contributed by atoms with Crippen LogP contribution in [-0.2, 0) is 14.8 Å². The molecule has 2 rings (SSSR count). The summed E-state index contributed by atoms with van der Waals surface area (Å²) in [7, 11) is -3.94. The Balaban J connectivity index is 2.05. The van der Waals surface area contributed by atoms with E-state index >= 15 is 0 Å². The molecular weight excluding hydrogens is 358 g/mol. The van der Waals surface area contributed by atoms with Crippen LogP contribution in [0.5, 0.6) is 0 Å². The van der Waals surface area contributed by atoms with Gasteiger partial charge in [0.15, 0.2) is 0 Å². The Bertz CT molecular complexity index is 869. The van der Waals surface area contributed by atoms with E-state index in [2.05, 4.69) is 10.0 Å². The third kappa shape index (κ3) is 4.89. The molecule has 25 heavy (non-hydrogen) atoms. The average Bonchev–Trinajstić information content (AvgIpc) is 3.11. The van der Waals surface area contributed by atoms with E-state index in [1.807, 2.05) is 37.4 Å². The molecule has 1 aromatic heterocycles. The van der Waals surface area contributed by atoms with Gasteiger partial charge >= 0.3 is 0 Å². The summed E-state index contributed by atoms with van der Waals surface area (Å²) < 4.78 is 26.9. The van der Waals surface area contributed by atoms with Gasteiger partial charge in [-0.25, -0.2) is 13.1 Å². The van der Waals surface area contributed by atoms with E-state index in [-0.39, 0.29) is 22.4 Å². The first kappa shape index (κ1) is 19.1. The first-order valence-corrected chi connectivity index (χ1v) is 10.0. The highest BCUT2D eigenvalue weighted by molar-refractivity contribution is 7.89. The van der Waals surface area contributed by atoms with Crippen LogP contribution in [0, 0.1) is 17.2 Å². The Morgan fingerprint density at radius 2 is 1.96 bits per heavy atom. The summed E-state index contributed by atoms with van der Waals surface area (Å²) in [6.45, 7) is 3.58. The van der Waals surface area contributed by atoms with Gasteiger partial charge in [-0.05, 0) is 29.5 Å². The zero-order valence-corrected chi connectivity index (χ0v) is 15.5. The standard InChI is InChI=1S/C17H19N3O3S2/c1-12(2)17(14-7-5-9-24-14)20-16(21)11-19-25(22,23)15-8-4-3-6-13(15)10-18/h3-9,12,17,19H,11H2,1-2H3,(H,20,21)/t17-/m1/s1. The topological polar surface area (TPSA) is 99.1 Å². The second-order valence-electron chi connectivity index (χ2n) is 5.74. The molecule has 1 heterocycles. The largest absolute Gasteiger partial charge is 0.347 e. The summed E-state index contributed by atoms with van der Waals surface area (Å²) in [5, 5.41) is 13.8. The van der Waals surface area contributed by atoms with Crippen LogP contribution in [0.15, 0.2) is 46.7 Å². The molecule has 2 N–H and O–H groups in total. The van der Waals surface area contributed by atoms with Crippen LogP contribution in [0.4, 0.5) is 0 Å². The van der Waals surface area contributed by atoms with Crippen LogP contribution in [0.3, 0.4) is 0 Å². The molecule has 132 valence electrons. The number of benzene rings is 1. The Hall–Kier alpha value is -2.21. The number of carbonyl (C=O) groups excluding carboxylic acids is 1. The van der Waals surface area contributed by atoms with Crippen molar-refractivity contribution in [2.24, 2.45) is 5.92 Å². The zero-order chi connectivity index (χ0) is 18.4. The summed E-state index contributed by atoms with van der Waals surface area (Å²) in [4.78, 5) is 13.1. The first-order chi connectivity index (χ1) is 11.8. The summed E-state index contributed by atoms with van der Waals surface area (Å²) in [6.07, 6.45) is 0. The predicted octanol–water partition coefficient (Wildman–Crippen LogP) is 2.41. The highest BCUT2D eigenvalue weighted by Crippen LogP contribution is 2.25. The van der Waals surface area contributed by atoms with Crippen LogP contribution in [0.1, 0.15) is 30.3 Å². The second kappa shape index (κ2) is 8.25. The molecule has 0 radical (unpaired) electrons. The van der Waals surface area contributed by atoms with E-state index in [0.29, 0.717) is 0 Å². The second-order valence-corrected chi connectivity index (χ2v) is 8.45. The smallest absolute Gasteiger partial charge is 0.242 e. The van der Waals surface area contributed by atoms with Gasteiger partial charge in [-0.3, -0.25) is 4.79 Å². The van der Waals surface area contributed by atoms with Crippen molar-refractivity contribution in [3.05, 3.63) is 52.2 Å². The monoisotopic (exact) mass is 377 g/mol. The quantitative estimate of drug-likeness (QED) is 0.774. The van der Waals surface area contributed by atoms with Gasteiger partial charge in [-0.1, -0.05) is 32.0 Å². The molecule has 1 atom stereocenters. The van der Waals surface area contributed by atoms with Crippen LogP contribution >= 0.6 is 11.3 Å². The molecule has 0 bridgehead atoms. The number of hydrogen-bond donors (Lipinski definition) is 2. The number of hydrogen-bond acceptors (Lipinski definition) is 5. The molecule has 2 aromatic rings.